The Morgan fingerprint density at radius 3 is 1.79 bits per heavy atom. The molecule has 0 aliphatic heterocycles. The number of aryl methyl sites for hydroxylation is 2. The Morgan fingerprint density at radius 2 is 1.18 bits per heavy atom. The van der Waals surface area contributed by atoms with Crippen molar-refractivity contribution in [3.63, 3.8) is 0 Å². The second-order valence-corrected chi connectivity index (χ2v) is 6.51. The highest BCUT2D eigenvalue weighted by Gasteiger charge is 2.09. The van der Waals surface area contributed by atoms with E-state index in [1.54, 1.807) is 0 Å². The second kappa shape index (κ2) is 10.3. The normalized spacial score (nSPS) is 10.0. The maximum atomic E-state index is 11.9. The van der Waals surface area contributed by atoms with E-state index in [0.717, 1.165) is 27.5 Å². The van der Waals surface area contributed by atoms with Gasteiger partial charge in [-0.05, 0) is 61.7 Å². The van der Waals surface area contributed by atoms with E-state index < -0.39 is 0 Å². The average Bonchev–Trinajstić information content (AvgIpc) is 2.69. The first kappa shape index (κ1) is 21.2. The standard InChI is InChI=1S/C14H15NO.C10H13NO/c1-3-15-14(16)13-9-8-10(2)11-6-4-5-7-12(11)13;1-3-11-10(12)9-7-5-4-6-8(9)2/h4-9H,3H2,1-2H3,(H,15,16);4-7H,3H2,1-2H3,(H,11,12). The molecule has 0 aliphatic rings. The lowest BCUT2D eigenvalue weighted by molar-refractivity contribution is 0.0948. The van der Waals surface area contributed by atoms with Crippen LogP contribution in [0, 0.1) is 13.8 Å². The zero-order valence-electron chi connectivity index (χ0n) is 17.0. The SMILES string of the molecule is CCNC(=O)c1ccc(C)c2ccccc12.CCNC(=O)c1ccccc1C. The molecule has 4 nitrogen and oxygen atoms in total. The number of benzene rings is 3. The third-order valence-electron chi connectivity index (χ3n) is 4.45. The Kier molecular flexibility index (Phi) is 7.76. The van der Waals surface area contributed by atoms with Crippen LogP contribution in [0.15, 0.2) is 60.7 Å². The van der Waals surface area contributed by atoms with E-state index in [0.29, 0.717) is 13.1 Å². The van der Waals surface area contributed by atoms with Gasteiger partial charge < -0.3 is 10.6 Å². The summed E-state index contributed by atoms with van der Waals surface area (Å²) < 4.78 is 0. The molecule has 3 aromatic carbocycles. The molecule has 2 N–H and O–H groups in total. The van der Waals surface area contributed by atoms with Gasteiger partial charge in [-0.1, -0.05) is 48.5 Å². The summed E-state index contributed by atoms with van der Waals surface area (Å²) >= 11 is 0. The van der Waals surface area contributed by atoms with Gasteiger partial charge >= 0.3 is 0 Å². The minimum Gasteiger partial charge on any atom is -0.352 e. The van der Waals surface area contributed by atoms with Crippen molar-refractivity contribution in [3.05, 3.63) is 82.9 Å². The summed E-state index contributed by atoms with van der Waals surface area (Å²) in [5, 5.41) is 7.76. The average molecular weight is 377 g/mol. The van der Waals surface area contributed by atoms with Crippen LogP contribution in [0.5, 0.6) is 0 Å². The van der Waals surface area contributed by atoms with Crippen molar-refractivity contribution in [3.8, 4) is 0 Å². The fraction of sp³-hybridized carbons (Fsp3) is 0.250. The molecule has 0 spiro atoms. The molecule has 0 unspecified atom stereocenters. The van der Waals surface area contributed by atoms with Gasteiger partial charge in [-0.15, -0.1) is 0 Å². The fourth-order valence-electron chi connectivity index (χ4n) is 2.99. The molecule has 0 saturated carbocycles. The van der Waals surface area contributed by atoms with E-state index in [4.69, 9.17) is 0 Å². The Morgan fingerprint density at radius 1 is 0.643 bits per heavy atom. The maximum absolute atomic E-state index is 11.9. The largest absolute Gasteiger partial charge is 0.352 e. The first-order chi connectivity index (χ1) is 13.5. The molecule has 28 heavy (non-hydrogen) atoms. The van der Waals surface area contributed by atoms with Gasteiger partial charge in [0.1, 0.15) is 0 Å². The Balaban J connectivity index is 0.000000209. The van der Waals surface area contributed by atoms with E-state index in [1.165, 1.54) is 5.56 Å². The molecule has 2 amide bonds. The van der Waals surface area contributed by atoms with E-state index in [-0.39, 0.29) is 11.8 Å². The maximum Gasteiger partial charge on any atom is 0.251 e. The number of rotatable bonds is 4. The monoisotopic (exact) mass is 376 g/mol. The van der Waals surface area contributed by atoms with Crippen molar-refractivity contribution in [2.45, 2.75) is 27.7 Å². The second-order valence-electron chi connectivity index (χ2n) is 6.51. The molecule has 0 radical (unpaired) electrons. The predicted octanol–water partition coefficient (Wildman–Crippen LogP) is 4.64. The molecular formula is C24H28N2O2. The molecule has 0 heterocycles. The minimum atomic E-state index is -0.00120. The van der Waals surface area contributed by atoms with Crippen LogP contribution < -0.4 is 10.6 Å². The third-order valence-corrected chi connectivity index (χ3v) is 4.45. The van der Waals surface area contributed by atoms with E-state index >= 15 is 0 Å². The molecule has 0 fully saturated rings. The van der Waals surface area contributed by atoms with Gasteiger partial charge in [0.2, 0.25) is 0 Å². The van der Waals surface area contributed by atoms with Crippen molar-refractivity contribution < 1.29 is 9.59 Å². The highest BCUT2D eigenvalue weighted by atomic mass is 16.2. The topological polar surface area (TPSA) is 58.2 Å². The van der Waals surface area contributed by atoms with Crippen LogP contribution >= 0.6 is 0 Å². The lowest BCUT2D eigenvalue weighted by Crippen LogP contribution is -2.23. The highest BCUT2D eigenvalue weighted by molar-refractivity contribution is 6.07. The molecular weight excluding hydrogens is 348 g/mol. The summed E-state index contributed by atoms with van der Waals surface area (Å²) in [7, 11) is 0. The van der Waals surface area contributed by atoms with E-state index in [2.05, 4.69) is 17.6 Å². The zero-order valence-corrected chi connectivity index (χ0v) is 17.0. The Labute approximate surface area is 167 Å². The molecule has 0 atom stereocenters. The quantitative estimate of drug-likeness (QED) is 0.697. The molecule has 0 aliphatic carbocycles. The Bertz CT molecular complexity index is 964. The molecule has 0 saturated heterocycles. The first-order valence-electron chi connectivity index (χ1n) is 9.59. The van der Waals surface area contributed by atoms with Crippen molar-refractivity contribution >= 4 is 22.6 Å². The van der Waals surface area contributed by atoms with Crippen molar-refractivity contribution in [2.24, 2.45) is 0 Å². The lowest BCUT2D eigenvalue weighted by atomic mass is 10.00. The summed E-state index contributed by atoms with van der Waals surface area (Å²) in [5.41, 5.74) is 3.73. The third kappa shape index (κ3) is 5.19. The molecule has 3 rings (SSSR count). The van der Waals surface area contributed by atoms with E-state index in [1.807, 2.05) is 81.4 Å². The number of fused-ring (bicyclic) bond motifs is 1. The molecule has 3 aromatic rings. The highest BCUT2D eigenvalue weighted by Crippen LogP contribution is 2.22. The van der Waals surface area contributed by atoms with Gasteiger partial charge in [0, 0.05) is 24.2 Å². The predicted molar refractivity (Wildman–Crippen MR) is 116 cm³/mol. The van der Waals surface area contributed by atoms with Crippen LogP contribution in [0.1, 0.15) is 45.7 Å². The van der Waals surface area contributed by atoms with Gasteiger partial charge in [0.25, 0.3) is 11.8 Å². The minimum absolute atomic E-state index is 0.00120. The summed E-state index contributed by atoms with van der Waals surface area (Å²) in [6.07, 6.45) is 0. The van der Waals surface area contributed by atoms with Crippen molar-refractivity contribution in [2.75, 3.05) is 13.1 Å². The first-order valence-corrected chi connectivity index (χ1v) is 9.59. The Hall–Kier alpha value is -3.14. The number of hydrogen-bond acceptors (Lipinski definition) is 2. The van der Waals surface area contributed by atoms with Crippen LogP contribution in [-0.4, -0.2) is 24.9 Å². The van der Waals surface area contributed by atoms with Crippen LogP contribution in [0.25, 0.3) is 10.8 Å². The number of hydrogen-bond donors (Lipinski definition) is 2. The number of amides is 2. The smallest absolute Gasteiger partial charge is 0.251 e. The van der Waals surface area contributed by atoms with Crippen molar-refractivity contribution in [1.82, 2.24) is 10.6 Å². The van der Waals surface area contributed by atoms with E-state index in [9.17, 15) is 9.59 Å². The fourth-order valence-corrected chi connectivity index (χ4v) is 2.99. The number of nitrogens with one attached hydrogen (secondary N) is 2. The molecule has 146 valence electrons. The van der Waals surface area contributed by atoms with Gasteiger partial charge in [-0.3, -0.25) is 9.59 Å². The van der Waals surface area contributed by atoms with Crippen molar-refractivity contribution in [1.29, 1.82) is 0 Å². The van der Waals surface area contributed by atoms with Crippen LogP contribution in [-0.2, 0) is 0 Å². The van der Waals surface area contributed by atoms with Crippen LogP contribution in [0.3, 0.4) is 0 Å². The zero-order chi connectivity index (χ0) is 20.5. The van der Waals surface area contributed by atoms with Gasteiger partial charge in [-0.2, -0.15) is 0 Å². The van der Waals surface area contributed by atoms with Crippen LogP contribution in [0.4, 0.5) is 0 Å². The lowest BCUT2D eigenvalue weighted by Gasteiger charge is -2.08. The van der Waals surface area contributed by atoms with Gasteiger partial charge in [0.05, 0.1) is 0 Å². The van der Waals surface area contributed by atoms with Gasteiger partial charge in [0.15, 0.2) is 0 Å². The van der Waals surface area contributed by atoms with Crippen LogP contribution in [0.2, 0.25) is 0 Å². The number of carbonyl (C=O) groups is 2. The van der Waals surface area contributed by atoms with Gasteiger partial charge in [-0.25, -0.2) is 0 Å². The summed E-state index contributed by atoms with van der Waals surface area (Å²) in [6.45, 7) is 9.16. The summed E-state index contributed by atoms with van der Waals surface area (Å²) in [6, 6.07) is 19.5. The molecule has 0 aromatic heterocycles. The molecule has 0 bridgehead atoms. The number of carbonyl (C=O) groups excluding carboxylic acids is 2. The summed E-state index contributed by atoms with van der Waals surface area (Å²) in [5.74, 6) is 0.00861. The molecule has 4 heteroatoms. The summed E-state index contributed by atoms with van der Waals surface area (Å²) in [4.78, 5) is 23.2.